The summed E-state index contributed by atoms with van der Waals surface area (Å²) >= 11 is 1.33. The van der Waals surface area contributed by atoms with E-state index in [0.29, 0.717) is 22.8 Å². The van der Waals surface area contributed by atoms with Crippen molar-refractivity contribution in [2.75, 3.05) is 10.6 Å². The summed E-state index contributed by atoms with van der Waals surface area (Å²) in [5.74, 6) is -0.905. The van der Waals surface area contributed by atoms with Gasteiger partial charge in [-0.25, -0.2) is 9.37 Å². The summed E-state index contributed by atoms with van der Waals surface area (Å²) in [5.41, 5.74) is 2.05. The summed E-state index contributed by atoms with van der Waals surface area (Å²) in [6.45, 7) is 3.41. The van der Waals surface area contributed by atoms with Crippen molar-refractivity contribution >= 4 is 44.2 Å². The molecule has 0 fully saturated rings. The fourth-order valence-corrected chi connectivity index (χ4v) is 3.12. The maximum atomic E-state index is 13.6. The topological polar surface area (TPSA) is 71.1 Å². The number of carbonyl (C=O) groups is 2. The number of aryl methyl sites for hydroxylation is 1. The number of aromatic nitrogens is 1. The van der Waals surface area contributed by atoms with Gasteiger partial charge < -0.3 is 10.6 Å². The number of rotatable bonds is 4. The molecule has 0 radical (unpaired) electrons. The minimum Gasteiger partial charge on any atom is -0.322 e. The van der Waals surface area contributed by atoms with Crippen molar-refractivity contribution in [3.05, 3.63) is 53.3 Å². The van der Waals surface area contributed by atoms with E-state index in [9.17, 15) is 14.0 Å². The first kappa shape index (κ1) is 17.0. The molecule has 2 aromatic carbocycles. The summed E-state index contributed by atoms with van der Waals surface area (Å²) in [7, 11) is 0. The minimum atomic E-state index is -0.415. The van der Waals surface area contributed by atoms with Crippen LogP contribution in [0.3, 0.4) is 0 Å². The SMILES string of the molecule is CCC(=O)Nc1nc2ccc(NC(=O)c3ccc(C)c(F)c3)cc2s1. The number of amides is 2. The third-order valence-corrected chi connectivity index (χ3v) is 4.58. The number of carbonyl (C=O) groups excluding carboxylic acids is 2. The molecule has 0 aliphatic carbocycles. The molecule has 0 spiro atoms. The van der Waals surface area contributed by atoms with Gasteiger partial charge in [0.15, 0.2) is 5.13 Å². The van der Waals surface area contributed by atoms with Gasteiger partial charge in [-0.1, -0.05) is 24.3 Å². The molecule has 5 nitrogen and oxygen atoms in total. The molecule has 25 heavy (non-hydrogen) atoms. The number of anilines is 2. The first-order chi connectivity index (χ1) is 12.0. The van der Waals surface area contributed by atoms with Crippen LogP contribution in [0.4, 0.5) is 15.2 Å². The minimum absolute atomic E-state index is 0.103. The monoisotopic (exact) mass is 357 g/mol. The summed E-state index contributed by atoms with van der Waals surface area (Å²) in [4.78, 5) is 28.0. The van der Waals surface area contributed by atoms with Crippen molar-refractivity contribution in [3.63, 3.8) is 0 Å². The lowest BCUT2D eigenvalue weighted by Crippen LogP contribution is -2.12. The molecule has 1 heterocycles. The van der Waals surface area contributed by atoms with Crippen molar-refractivity contribution in [3.8, 4) is 0 Å². The van der Waals surface area contributed by atoms with E-state index >= 15 is 0 Å². The van der Waals surface area contributed by atoms with Gasteiger partial charge in [0.25, 0.3) is 5.91 Å². The highest BCUT2D eigenvalue weighted by Gasteiger charge is 2.11. The highest BCUT2D eigenvalue weighted by molar-refractivity contribution is 7.22. The van der Waals surface area contributed by atoms with E-state index in [2.05, 4.69) is 15.6 Å². The van der Waals surface area contributed by atoms with Gasteiger partial charge in [0, 0.05) is 17.7 Å². The van der Waals surface area contributed by atoms with Crippen LogP contribution in [0.5, 0.6) is 0 Å². The molecular weight excluding hydrogens is 341 g/mol. The molecule has 3 aromatic rings. The Hall–Kier alpha value is -2.80. The van der Waals surface area contributed by atoms with Crippen molar-refractivity contribution in [1.82, 2.24) is 4.98 Å². The van der Waals surface area contributed by atoms with Crippen LogP contribution in [0.15, 0.2) is 36.4 Å². The number of hydrogen-bond acceptors (Lipinski definition) is 4. The maximum absolute atomic E-state index is 13.6. The van der Waals surface area contributed by atoms with Crippen LogP contribution < -0.4 is 10.6 Å². The summed E-state index contributed by atoms with van der Waals surface area (Å²) in [6.07, 6.45) is 0.379. The highest BCUT2D eigenvalue weighted by Crippen LogP contribution is 2.28. The molecule has 0 unspecified atom stereocenters. The smallest absolute Gasteiger partial charge is 0.255 e. The van der Waals surface area contributed by atoms with E-state index in [1.807, 2.05) is 0 Å². The van der Waals surface area contributed by atoms with Crippen molar-refractivity contribution < 1.29 is 14.0 Å². The number of fused-ring (bicyclic) bond motifs is 1. The van der Waals surface area contributed by atoms with Crippen molar-refractivity contribution in [2.45, 2.75) is 20.3 Å². The van der Waals surface area contributed by atoms with Crippen LogP contribution in [-0.4, -0.2) is 16.8 Å². The van der Waals surface area contributed by atoms with Gasteiger partial charge in [-0.15, -0.1) is 0 Å². The number of thiazole rings is 1. The van der Waals surface area contributed by atoms with Crippen LogP contribution >= 0.6 is 11.3 Å². The summed E-state index contributed by atoms with van der Waals surface area (Å²) in [5, 5.41) is 5.98. The van der Waals surface area contributed by atoms with Gasteiger partial charge in [0.1, 0.15) is 5.82 Å². The van der Waals surface area contributed by atoms with Gasteiger partial charge in [0.05, 0.1) is 10.2 Å². The Morgan fingerprint density at radius 3 is 2.68 bits per heavy atom. The van der Waals surface area contributed by atoms with Gasteiger partial charge >= 0.3 is 0 Å². The number of nitrogens with one attached hydrogen (secondary N) is 2. The third-order valence-electron chi connectivity index (χ3n) is 3.65. The molecular formula is C18H16FN3O2S. The van der Waals surface area contributed by atoms with Gasteiger partial charge in [-0.05, 0) is 42.8 Å². The predicted molar refractivity (Wildman–Crippen MR) is 97.6 cm³/mol. The second-order valence-corrected chi connectivity index (χ2v) is 6.55. The zero-order chi connectivity index (χ0) is 18.0. The predicted octanol–water partition coefficient (Wildman–Crippen LogP) is 4.34. The fraction of sp³-hybridized carbons (Fsp3) is 0.167. The fourth-order valence-electron chi connectivity index (χ4n) is 2.20. The van der Waals surface area contributed by atoms with Crippen molar-refractivity contribution in [2.24, 2.45) is 0 Å². The van der Waals surface area contributed by atoms with E-state index in [-0.39, 0.29) is 17.4 Å². The lowest BCUT2D eigenvalue weighted by Gasteiger charge is -2.06. The van der Waals surface area contributed by atoms with E-state index in [0.717, 1.165) is 10.2 Å². The Morgan fingerprint density at radius 2 is 1.96 bits per heavy atom. The largest absolute Gasteiger partial charge is 0.322 e. The Labute approximate surface area is 147 Å². The highest BCUT2D eigenvalue weighted by atomic mass is 32.1. The van der Waals surface area contributed by atoms with E-state index < -0.39 is 5.82 Å². The molecule has 2 amide bonds. The van der Waals surface area contributed by atoms with E-state index in [4.69, 9.17) is 0 Å². The lowest BCUT2D eigenvalue weighted by molar-refractivity contribution is -0.115. The van der Waals surface area contributed by atoms with Crippen molar-refractivity contribution in [1.29, 1.82) is 0 Å². The molecule has 7 heteroatoms. The molecule has 0 saturated heterocycles. The quantitative estimate of drug-likeness (QED) is 0.729. The first-order valence-electron chi connectivity index (χ1n) is 7.74. The standard InChI is InChI=1S/C18H16FN3O2S/c1-3-16(23)22-18-21-14-7-6-12(9-15(14)25-18)20-17(24)11-5-4-10(2)13(19)8-11/h4-9H,3H2,1-2H3,(H,20,24)(H,21,22,23). The molecule has 0 bridgehead atoms. The Balaban J connectivity index is 1.80. The number of hydrogen-bond donors (Lipinski definition) is 2. The molecule has 0 aliphatic rings. The maximum Gasteiger partial charge on any atom is 0.255 e. The zero-order valence-electron chi connectivity index (χ0n) is 13.7. The first-order valence-corrected chi connectivity index (χ1v) is 8.56. The third kappa shape index (κ3) is 3.83. The Kier molecular flexibility index (Phi) is 4.76. The van der Waals surface area contributed by atoms with E-state index in [1.165, 1.54) is 17.4 Å². The lowest BCUT2D eigenvalue weighted by atomic mass is 10.1. The summed E-state index contributed by atoms with van der Waals surface area (Å²) < 4.78 is 14.4. The molecule has 1 aromatic heterocycles. The number of nitrogens with zero attached hydrogens (tertiary/aromatic N) is 1. The Bertz CT molecular complexity index is 968. The molecule has 2 N–H and O–H groups in total. The van der Waals surface area contributed by atoms with Gasteiger partial charge in [0.2, 0.25) is 5.91 Å². The van der Waals surface area contributed by atoms with Crippen LogP contribution in [0.1, 0.15) is 29.3 Å². The zero-order valence-corrected chi connectivity index (χ0v) is 14.5. The van der Waals surface area contributed by atoms with Gasteiger partial charge in [-0.3, -0.25) is 9.59 Å². The molecule has 128 valence electrons. The second-order valence-electron chi connectivity index (χ2n) is 5.52. The van der Waals surface area contributed by atoms with Crippen LogP contribution in [-0.2, 0) is 4.79 Å². The van der Waals surface area contributed by atoms with Crippen LogP contribution in [0, 0.1) is 12.7 Å². The van der Waals surface area contributed by atoms with Gasteiger partial charge in [-0.2, -0.15) is 0 Å². The normalized spacial score (nSPS) is 10.7. The second kappa shape index (κ2) is 6.98. The molecule has 0 aliphatic heterocycles. The average molecular weight is 357 g/mol. The molecule has 0 saturated carbocycles. The Morgan fingerprint density at radius 1 is 1.16 bits per heavy atom. The van der Waals surface area contributed by atoms with Crippen LogP contribution in [0.25, 0.3) is 10.2 Å². The molecule has 0 atom stereocenters. The van der Waals surface area contributed by atoms with Crippen LogP contribution in [0.2, 0.25) is 0 Å². The summed E-state index contributed by atoms with van der Waals surface area (Å²) in [6, 6.07) is 9.62. The van der Waals surface area contributed by atoms with E-state index in [1.54, 1.807) is 44.2 Å². The number of benzene rings is 2. The average Bonchev–Trinajstić information content (AvgIpc) is 2.98. The molecule has 3 rings (SSSR count). The number of halogens is 1.